The lowest BCUT2D eigenvalue weighted by Gasteiger charge is -2.08. The minimum atomic E-state index is 0.707. The van der Waals surface area contributed by atoms with Crippen LogP contribution in [0.3, 0.4) is 0 Å². The lowest BCUT2D eigenvalue weighted by molar-refractivity contribution is 0.524. The van der Waals surface area contributed by atoms with Crippen LogP contribution in [-0.4, -0.2) is 9.97 Å². The van der Waals surface area contributed by atoms with Crippen molar-refractivity contribution >= 4 is 0 Å². The normalized spacial score (nSPS) is 11.6. The SMILES string of the molecule is [CH2]Cc1nc(CCCCCCCCCCCCCCCCCCCC)cc(CCCCCCCCCCCCCCCCCCCC)n1. The van der Waals surface area contributed by atoms with Crippen molar-refractivity contribution in [3.05, 3.63) is 30.2 Å². The van der Waals surface area contributed by atoms with Gasteiger partial charge in [-0.15, -0.1) is 0 Å². The summed E-state index contributed by atoms with van der Waals surface area (Å²) < 4.78 is 0. The zero-order valence-corrected chi connectivity index (χ0v) is 33.3. The molecule has 0 saturated heterocycles. The average molecular weight is 668 g/mol. The Hall–Kier alpha value is -0.920. The van der Waals surface area contributed by atoms with Gasteiger partial charge in [-0.25, -0.2) is 9.97 Å². The molecule has 0 aliphatic carbocycles. The maximum absolute atomic E-state index is 4.82. The molecule has 2 nitrogen and oxygen atoms in total. The second-order valence-corrected chi connectivity index (χ2v) is 15.5. The van der Waals surface area contributed by atoms with Crippen LogP contribution in [0.1, 0.15) is 262 Å². The Morgan fingerprint density at radius 3 is 0.750 bits per heavy atom. The molecule has 0 saturated carbocycles. The topological polar surface area (TPSA) is 25.8 Å². The van der Waals surface area contributed by atoms with Crippen LogP contribution < -0.4 is 0 Å². The average Bonchev–Trinajstić information content (AvgIpc) is 3.10. The summed E-state index contributed by atoms with van der Waals surface area (Å²) in [7, 11) is 0. The van der Waals surface area contributed by atoms with Crippen molar-refractivity contribution in [2.75, 3.05) is 0 Å². The Balaban J connectivity index is 1.93. The summed E-state index contributed by atoms with van der Waals surface area (Å²) in [5.41, 5.74) is 2.52. The van der Waals surface area contributed by atoms with Crippen molar-refractivity contribution in [3.63, 3.8) is 0 Å². The fourth-order valence-corrected chi connectivity index (χ4v) is 7.40. The molecule has 0 N–H and O–H groups in total. The fraction of sp³-hybridized carbons (Fsp3) is 0.891. The molecule has 1 rings (SSSR count). The number of unbranched alkanes of at least 4 members (excludes halogenated alkanes) is 34. The molecule has 0 aliphatic rings. The molecule has 0 amide bonds. The van der Waals surface area contributed by atoms with E-state index in [1.807, 2.05) is 0 Å². The van der Waals surface area contributed by atoms with Crippen LogP contribution in [0.4, 0.5) is 0 Å². The molecule has 48 heavy (non-hydrogen) atoms. The molecule has 0 unspecified atom stereocenters. The summed E-state index contributed by atoms with van der Waals surface area (Å²) in [6.07, 6.45) is 54.4. The summed E-state index contributed by atoms with van der Waals surface area (Å²) >= 11 is 0. The Labute approximate surface area is 303 Å². The molecular formula is C46H87N2. The van der Waals surface area contributed by atoms with E-state index in [1.165, 1.54) is 243 Å². The molecule has 0 atom stereocenters. The zero-order valence-electron chi connectivity index (χ0n) is 33.3. The summed E-state index contributed by atoms with van der Waals surface area (Å²) in [6, 6.07) is 2.31. The largest absolute Gasteiger partial charge is 0.238 e. The van der Waals surface area contributed by atoms with Gasteiger partial charge in [0.1, 0.15) is 5.82 Å². The number of aryl methyl sites for hydroxylation is 2. The van der Waals surface area contributed by atoms with Crippen LogP contribution in [0.2, 0.25) is 0 Å². The third-order valence-corrected chi connectivity index (χ3v) is 10.7. The lowest BCUT2D eigenvalue weighted by atomic mass is 10.0. The molecule has 1 aromatic rings. The smallest absolute Gasteiger partial charge is 0.128 e. The summed E-state index contributed by atoms with van der Waals surface area (Å²) in [6.45, 7) is 8.69. The predicted molar refractivity (Wildman–Crippen MR) is 216 cm³/mol. The van der Waals surface area contributed by atoms with Crippen LogP contribution in [0.25, 0.3) is 0 Å². The fourth-order valence-electron chi connectivity index (χ4n) is 7.40. The Morgan fingerprint density at radius 2 is 0.542 bits per heavy atom. The Morgan fingerprint density at radius 1 is 0.333 bits per heavy atom. The first kappa shape index (κ1) is 45.1. The highest BCUT2D eigenvalue weighted by atomic mass is 14.9. The first-order valence-corrected chi connectivity index (χ1v) is 22.4. The van der Waals surface area contributed by atoms with E-state index in [1.54, 1.807) is 0 Å². The highest BCUT2D eigenvalue weighted by Gasteiger charge is 2.05. The first-order chi connectivity index (χ1) is 23.8. The van der Waals surface area contributed by atoms with E-state index in [-0.39, 0.29) is 0 Å². The molecule has 0 aliphatic heterocycles. The summed E-state index contributed by atoms with van der Waals surface area (Å²) in [5, 5.41) is 0. The van der Waals surface area contributed by atoms with Gasteiger partial charge >= 0.3 is 0 Å². The number of nitrogens with zero attached hydrogens (tertiary/aromatic N) is 2. The van der Waals surface area contributed by atoms with E-state index in [4.69, 9.17) is 9.97 Å². The summed E-state index contributed by atoms with van der Waals surface area (Å²) in [5.74, 6) is 0.951. The standard InChI is InChI=1S/C46H87N2/c1-4-7-9-11-13-15-17-19-21-23-25-27-29-31-33-35-37-39-41-44-43-45(48-46(6-3)47-44)42-40-38-36-34-32-30-28-26-24-22-20-18-16-14-12-10-8-5-2/h43H,3-42H2,1-2H3. The number of rotatable bonds is 39. The molecule has 1 heterocycles. The van der Waals surface area contributed by atoms with Gasteiger partial charge in [-0.3, -0.25) is 0 Å². The van der Waals surface area contributed by atoms with Crippen molar-refractivity contribution in [1.82, 2.24) is 9.97 Å². The van der Waals surface area contributed by atoms with Gasteiger partial charge in [0, 0.05) is 17.8 Å². The monoisotopic (exact) mass is 668 g/mol. The van der Waals surface area contributed by atoms with Gasteiger partial charge in [-0.2, -0.15) is 0 Å². The Kier molecular flexibility index (Phi) is 35.1. The van der Waals surface area contributed by atoms with Crippen molar-refractivity contribution in [2.45, 2.75) is 264 Å². The summed E-state index contributed by atoms with van der Waals surface area (Å²) in [4.78, 5) is 9.64. The third kappa shape index (κ3) is 31.1. The van der Waals surface area contributed by atoms with Gasteiger partial charge in [-0.05, 0) is 38.7 Å². The van der Waals surface area contributed by atoms with E-state index in [9.17, 15) is 0 Å². The van der Waals surface area contributed by atoms with E-state index in [0.29, 0.717) is 6.42 Å². The maximum atomic E-state index is 4.82. The number of aromatic nitrogens is 2. The highest BCUT2D eigenvalue weighted by molar-refractivity contribution is 5.12. The van der Waals surface area contributed by atoms with Crippen LogP contribution >= 0.6 is 0 Å². The predicted octanol–water partition coefficient (Wildman–Crippen LogP) is 16.0. The highest BCUT2D eigenvalue weighted by Crippen LogP contribution is 2.17. The van der Waals surface area contributed by atoms with Crippen molar-refractivity contribution in [1.29, 1.82) is 0 Å². The molecule has 0 aromatic carbocycles. The number of hydrogen-bond acceptors (Lipinski definition) is 2. The van der Waals surface area contributed by atoms with Gasteiger partial charge in [-0.1, -0.05) is 232 Å². The van der Waals surface area contributed by atoms with Crippen molar-refractivity contribution in [3.8, 4) is 0 Å². The van der Waals surface area contributed by atoms with E-state index in [2.05, 4.69) is 26.8 Å². The van der Waals surface area contributed by atoms with Crippen molar-refractivity contribution in [2.24, 2.45) is 0 Å². The molecule has 0 spiro atoms. The minimum Gasteiger partial charge on any atom is -0.238 e. The molecule has 0 fully saturated rings. The van der Waals surface area contributed by atoms with Crippen molar-refractivity contribution < 1.29 is 0 Å². The third-order valence-electron chi connectivity index (χ3n) is 10.7. The van der Waals surface area contributed by atoms with Gasteiger partial charge < -0.3 is 0 Å². The van der Waals surface area contributed by atoms with Gasteiger partial charge in [0.2, 0.25) is 0 Å². The quantitative estimate of drug-likeness (QED) is 0.0653. The van der Waals surface area contributed by atoms with Gasteiger partial charge in [0.15, 0.2) is 0 Å². The molecule has 281 valence electrons. The molecule has 1 aromatic heterocycles. The van der Waals surface area contributed by atoms with Gasteiger partial charge in [0.05, 0.1) is 0 Å². The molecule has 2 heteroatoms. The minimum absolute atomic E-state index is 0.707. The van der Waals surface area contributed by atoms with E-state index < -0.39 is 0 Å². The van der Waals surface area contributed by atoms with Crippen LogP contribution in [0.5, 0.6) is 0 Å². The van der Waals surface area contributed by atoms with Crippen LogP contribution in [0, 0.1) is 6.92 Å². The van der Waals surface area contributed by atoms with Crippen LogP contribution in [0.15, 0.2) is 6.07 Å². The second kappa shape index (κ2) is 37.3. The first-order valence-electron chi connectivity index (χ1n) is 22.4. The maximum Gasteiger partial charge on any atom is 0.128 e. The molecule has 1 radical (unpaired) electrons. The lowest BCUT2D eigenvalue weighted by Crippen LogP contribution is -2.03. The Bertz CT molecular complexity index is 700. The molecular weight excluding hydrogens is 581 g/mol. The second-order valence-electron chi connectivity index (χ2n) is 15.5. The van der Waals surface area contributed by atoms with Gasteiger partial charge in [0.25, 0.3) is 0 Å². The van der Waals surface area contributed by atoms with E-state index in [0.717, 1.165) is 18.7 Å². The zero-order chi connectivity index (χ0) is 34.4. The van der Waals surface area contributed by atoms with Crippen LogP contribution in [-0.2, 0) is 19.3 Å². The van der Waals surface area contributed by atoms with E-state index >= 15 is 0 Å². The number of hydrogen-bond donors (Lipinski definition) is 0. The molecule has 0 bridgehead atoms.